The molecule has 2 aromatic heterocycles. The van der Waals surface area contributed by atoms with Gasteiger partial charge >= 0.3 is 5.97 Å². The molecule has 88 valence electrons. The monoisotopic (exact) mass is 233 g/mol. The van der Waals surface area contributed by atoms with Crippen molar-refractivity contribution in [3.8, 4) is 11.5 Å². The van der Waals surface area contributed by atoms with Gasteiger partial charge in [-0.3, -0.25) is 4.57 Å². The molecule has 1 unspecified atom stereocenters. The SMILES string of the molecule is CC(C(=O)O)n1cnnc1-c1cccc(N)n1. The van der Waals surface area contributed by atoms with Crippen LogP contribution in [0.1, 0.15) is 13.0 Å². The van der Waals surface area contributed by atoms with Gasteiger partial charge in [-0.1, -0.05) is 6.07 Å². The maximum absolute atomic E-state index is 10.9. The van der Waals surface area contributed by atoms with Crippen molar-refractivity contribution in [2.24, 2.45) is 0 Å². The Bertz CT molecular complexity index is 551. The van der Waals surface area contributed by atoms with Crippen LogP contribution in [0.5, 0.6) is 0 Å². The first-order valence-corrected chi connectivity index (χ1v) is 4.95. The molecule has 17 heavy (non-hydrogen) atoms. The predicted molar refractivity (Wildman–Crippen MR) is 60.0 cm³/mol. The van der Waals surface area contributed by atoms with Gasteiger partial charge in [0.05, 0.1) is 0 Å². The Morgan fingerprint density at radius 1 is 1.53 bits per heavy atom. The average Bonchev–Trinajstić information content (AvgIpc) is 2.76. The number of aliphatic carboxylic acids is 1. The maximum atomic E-state index is 10.9. The van der Waals surface area contributed by atoms with E-state index in [1.165, 1.54) is 10.9 Å². The van der Waals surface area contributed by atoms with Crippen LogP contribution in [0.25, 0.3) is 11.5 Å². The lowest BCUT2D eigenvalue weighted by Gasteiger charge is -2.10. The zero-order chi connectivity index (χ0) is 12.4. The van der Waals surface area contributed by atoms with Gasteiger partial charge in [0, 0.05) is 0 Å². The molecule has 2 heterocycles. The molecule has 0 aliphatic rings. The number of carboxylic acid groups (broad SMARTS) is 1. The molecule has 0 spiro atoms. The second kappa shape index (κ2) is 4.20. The molecule has 1 atom stereocenters. The number of aromatic nitrogens is 4. The van der Waals surface area contributed by atoms with Crippen LogP contribution in [-0.4, -0.2) is 30.8 Å². The smallest absolute Gasteiger partial charge is 0.326 e. The molecule has 0 aromatic carbocycles. The normalized spacial score (nSPS) is 12.3. The van der Waals surface area contributed by atoms with E-state index in [4.69, 9.17) is 10.8 Å². The number of nitrogens with zero attached hydrogens (tertiary/aromatic N) is 4. The van der Waals surface area contributed by atoms with Gasteiger partial charge in [0.2, 0.25) is 0 Å². The van der Waals surface area contributed by atoms with Gasteiger partial charge in [-0.05, 0) is 19.1 Å². The van der Waals surface area contributed by atoms with Crippen LogP contribution >= 0.6 is 0 Å². The van der Waals surface area contributed by atoms with Gasteiger partial charge in [-0.15, -0.1) is 10.2 Å². The second-order valence-electron chi connectivity index (χ2n) is 3.52. The van der Waals surface area contributed by atoms with Gasteiger partial charge < -0.3 is 10.8 Å². The molecule has 0 amide bonds. The van der Waals surface area contributed by atoms with Gasteiger partial charge in [-0.25, -0.2) is 9.78 Å². The minimum absolute atomic E-state index is 0.347. The Kier molecular flexibility index (Phi) is 2.73. The first-order valence-electron chi connectivity index (χ1n) is 4.95. The number of hydrogen-bond donors (Lipinski definition) is 2. The Morgan fingerprint density at radius 2 is 2.29 bits per heavy atom. The van der Waals surface area contributed by atoms with E-state index in [1.807, 2.05) is 0 Å². The molecule has 7 heteroatoms. The molecule has 2 rings (SSSR count). The molecule has 0 saturated carbocycles. The minimum Gasteiger partial charge on any atom is -0.480 e. The van der Waals surface area contributed by atoms with Crippen molar-refractivity contribution in [3.63, 3.8) is 0 Å². The molecular weight excluding hydrogens is 222 g/mol. The topological polar surface area (TPSA) is 107 Å². The molecule has 0 radical (unpaired) electrons. The van der Waals surface area contributed by atoms with Gasteiger partial charge in [0.1, 0.15) is 23.9 Å². The fourth-order valence-electron chi connectivity index (χ4n) is 1.40. The fraction of sp³-hybridized carbons (Fsp3) is 0.200. The Hall–Kier alpha value is -2.44. The lowest BCUT2D eigenvalue weighted by molar-refractivity contribution is -0.140. The van der Waals surface area contributed by atoms with E-state index in [1.54, 1.807) is 25.1 Å². The highest BCUT2D eigenvalue weighted by Crippen LogP contribution is 2.19. The van der Waals surface area contributed by atoms with Crippen molar-refractivity contribution in [1.82, 2.24) is 19.7 Å². The van der Waals surface area contributed by atoms with Crippen LogP contribution in [0, 0.1) is 0 Å². The quantitative estimate of drug-likeness (QED) is 0.802. The summed E-state index contributed by atoms with van der Waals surface area (Å²) in [6.45, 7) is 1.54. The van der Waals surface area contributed by atoms with E-state index >= 15 is 0 Å². The summed E-state index contributed by atoms with van der Waals surface area (Å²) in [7, 11) is 0. The van der Waals surface area contributed by atoms with Crippen LogP contribution < -0.4 is 5.73 Å². The largest absolute Gasteiger partial charge is 0.480 e. The highest BCUT2D eigenvalue weighted by atomic mass is 16.4. The van der Waals surface area contributed by atoms with Crippen molar-refractivity contribution < 1.29 is 9.90 Å². The van der Waals surface area contributed by atoms with E-state index in [0.717, 1.165) is 0 Å². The second-order valence-corrected chi connectivity index (χ2v) is 3.52. The number of rotatable bonds is 3. The summed E-state index contributed by atoms with van der Waals surface area (Å²) < 4.78 is 1.43. The molecule has 0 aliphatic heterocycles. The van der Waals surface area contributed by atoms with Gasteiger partial charge in [-0.2, -0.15) is 0 Å². The van der Waals surface area contributed by atoms with E-state index in [0.29, 0.717) is 17.3 Å². The molecule has 2 aromatic rings. The Morgan fingerprint density at radius 3 is 2.94 bits per heavy atom. The van der Waals surface area contributed by atoms with Crippen molar-refractivity contribution in [1.29, 1.82) is 0 Å². The molecular formula is C10H11N5O2. The standard InChI is InChI=1S/C10H11N5O2/c1-6(10(16)17)15-5-12-14-9(15)7-3-2-4-8(11)13-7/h2-6H,1H3,(H2,11,13)(H,16,17). The third-order valence-corrected chi connectivity index (χ3v) is 2.35. The van der Waals surface area contributed by atoms with Crippen LogP contribution in [0.15, 0.2) is 24.5 Å². The summed E-state index contributed by atoms with van der Waals surface area (Å²) in [5.41, 5.74) is 6.06. The molecule has 0 fully saturated rings. The number of nitrogens with two attached hydrogens (primary N) is 1. The lowest BCUT2D eigenvalue weighted by Crippen LogP contribution is -2.16. The number of anilines is 1. The van der Waals surface area contributed by atoms with Crippen LogP contribution in [-0.2, 0) is 4.79 Å². The first-order chi connectivity index (χ1) is 8.09. The Balaban J connectivity index is 2.47. The van der Waals surface area contributed by atoms with Crippen LogP contribution in [0.4, 0.5) is 5.82 Å². The summed E-state index contributed by atoms with van der Waals surface area (Å²) in [6.07, 6.45) is 1.36. The maximum Gasteiger partial charge on any atom is 0.326 e. The van der Waals surface area contributed by atoms with E-state index < -0.39 is 12.0 Å². The highest BCUT2D eigenvalue weighted by Gasteiger charge is 2.19. The van der Waals surface area contributed by atoms with E-state index in [2.05, 4.69) is 15.2 Å². The molecule has 0 saturated heterocycles. The highest BCUT2D eigenvalue weighted by molar-refractivity contribution is 5.72. The molecule has 7 nitrogen and oxygen atoms in total. The number of hydrogen-bond acceptors (Lipinski definition) is 5. The Labute approximate surface area is 96.9 Å². The van der Waals surface area contributed by atoms with Crippen molar-refractivity contribution in [3.05, 3.63) is 24.5 Å². The molecule has 0 bridgehead atoms. The van der Waals surface area contributed by atoms with E-state index in [9.17, 15) is 4.79 Å². The third-order valence-electron chi connectivity index (χ3n) is 2.35. The number of pyridine rings is 1. The minimum atomic E-state index is -0.963. The van der Waals surface area contributed by atoms with Crippen molar-refractivity contribution in [2.75, 3.05) is 5.73 Å². The van der Waals surface area contributed by atoms with E-state index in [-0.39, 0.29) is 0 Å². The summed E-state index contributed by atoms with van der Waals surface area (Å²) >= 11 is 0. The van der Waals surface area contributed by atoms with Crippen LogP contribution in [0.3, 0.4) is 0 Å². The predicted octanol–water partition coefficient (Wildman–Crippen LogP) is 0.568. The van der Waals surface area contributed by atoms with Crippen molar-refractivity contribution in [2.45, 2.75) is 13.0 Å². The van der Waals surface area contributed by atoms with Gasteiger partial charge in [0.25, 0.3) is 0 Å². The zero-order valence-corrected chi connectivity index (χ0v) is 9.11. The number of carboxylic acids is 1. The lowest BCUT2D eigenvalue weighted by atomic mass is 10.3. The molecule has 0 aliphatic carbocycles. The fourth-order valence-corrected chi connectivity index (χ4v) is 1.40. The first kappa shape index (κ1) is 11.1. The van der Waals surface area contributed by atoms with Crippen molar-refractivity contribution >= 4 is 11.8 Å². The molecule has 3 N–H and O–H groups in total. The summed E-state index contributed by atoms with van der Waals surface area (Å²) in [6, 6.07) is 4.31. The van der Waals surface area contributed by atoms with Gasteiger partial charge in [0.15, 0.2) is 5.82 Å². The number of nitrogen functional groups attached to an aromatic ring is 1. The summed E-state index contributed by atoms with van der Waals surface area (Å²) in [5.74, 6) is -0.234. The number of carbonyl (C=O) groups is 1. The zero-order valence-electron chi connectivity index (χ0n) is 9.11. The third kappa shape index (κ3) is 2.07. The summed E-state index contributed by atoms with van der Waals surface area (Å²) in [4.78, 5) is 15.0. The summed E-state index contributed by atoms with van der Waals surface area (Å²) in [5, 5.41) is 16.5. The van der Waals surface area contributed by atoms with Crippen LogP contribution in [0.2, 0.25) is 0 Å². The average molecular weight is 233 g/mol.